The molecule has 6 nitrogen and oxygen atoms in total. The molecular weight excluding hydrogens is 296 g/mol. The van der Waals surface area contributed by atoms with E-state index >= 15 is 0 Å². The Balaban J connectivity index is 0.00000220. The Morgan fingerprint density at radius 2 is 2.05 bits per heavy atom. The fourth-order valence-corrected chi connectivity index (χ4v) is 1.81. The molecule has 1 aliphatic rings. The van der Waals surface area contributed by atoms with Gasteiger partial charge >= 0.3 is 0 Å². The summed E-state index contributed by atoms with van der Waals surface area (Å²) in [5, 5.41) is 2.78. The van der Waals surface area contributed by atoms with Crippen LogP contribution in [0.15, 0.2) is 12.1 Å². The molecule has 0 aliphatic carbocycles. The molecule has 2 rings (SSSR count). The average molecular weight is 317 g/mol. The highest BCUT2D eigenvalue weighted by Gasteiger charge is 2.21. The third-order valence-corrected chi connectivity index (χ3v) is 2.79. The quantitative estimate of drug-likeness (QED) is 0.876. The van der Waals surface area contributed by atoms with Gasteiger partial charge in [-0.05, 0) is 26.0 Å². The van der Waals surface area contributed by atoms with Crippen LogP contribution in [0.3, 0.4) is 0 Å². The summed E-state index contributed by atoms with van der Waals surface area (Å²) in [4.78, 5) is 12.1. The lowest BCUT2D eigenvalue weighted by molar-refractivity contribution is 0.0944. The van der Waals surface area contributed by atoms with Crippen molar-refractivity contribution >= 4 is 18.3 Å². The van der Waals surface area contributed by atoms with Crippen molar-refractivity contribution in [2.45, 2.75) is 19.4 Å². The monoisotopic (exact) mass is 316 g/mol. The number of rotatable bonds is 4. The zero-order valence-corrected chi connectivity index (χ0v) is 13.2. The van der Waals surface area contributed by atoms with Crippen LogP contribution in [0, 0.1) is 0 Å². The first-order chi connectivity index (χ1) is 9.40. The molecule has 1 amide bonds. The Hall–Kier alpha value is -1.66. The van der Waals surface area contributed by atoms with Crippen LogP contribution < -0.4 is 25.3 Å². The Labute approximate surface area is 130 Å². The molecule has 1 aromatic rings. The van der Waals surface area contributed by atoms with Gasteiger partial charge in [-0.2, -0.15) is 0 Å². The smallest absolute Gasteiger partial charge is 0.251 e. The second-order valence-corrected chi connectivity index (χ2v) is 5.37. The van der Waals surface area contributed by atoms with Gasteiger partial charge in [0.05, 0.1) is 7.11 Å². The molecule has 118 valence electrons. The number of ether oxygens (including phenoxy) is 3. The highest BCUT2D eigenvalue weighted by atomic mass is 35.5. The normalized spacial score (nSPS) is 13.1. The zero-order valence-electron chi connectivity index (χ0n) is 12.4. The van der Waals surface area contributed by atoms with Crippen LogP contribution in [0.1, 0.15) is 24.2 Å². The first kappa shape index (κ1) is 17.4. The molecule has 0 fully saturated rings. The standard InChI is InChI=1S/C14H20N2O4.ClH/c1-14(2,15)8-16-13(17)9-6-10(18-3)12-11(7-9)19-4-5-20-12;/h6-7H,4-5,8,15H2,1-3H3,(H,16,17);1H. The SMILES string of the molecule is COc1cc(C(=O)NCC(C)(C)N)cc2c1OCCO2.Cl. The molecule has 0 atom stereocenters. The van der Waals surface area contributed by atoms with Crippen molar-refractivity contribution in [3.63, 3.8) is 0 Å². The third-order valence-electron chi connectivity index (χ3n) is 2.79. The lowest BCUT2D eigenvalue weighted by Gasteiger charge is -2.22. The predicted molar refractivity (Wildman–Crippen MR) is 81.8 cm³/mol. The molecule has 0 saturated heterocycles. The number of methoxy groups -OCH3 is 1. The summed E-state index contributed by atoms with van der Waals surface area (Å²) >= 11 is 0. The molecule has 0 aromatic heterocycles. The zero-order chi connectivity index (χ0) is 14.8. The van der Waals surface area contributed by atoms with E-state index in [0.717, 1.165) is 0 Å². The molecule has 0 saturated carbocycles. The first-order valence-corrected chi connectivity index (χ1v) is 6.45. The first-order valence-electron chi connectivity index (χ1n) is 6.45. The van der Waals surface area contributed by atoms with Crippen molar-refractivity contribution < 1.29 is 19.0 Å². The molecule has 0 unspecified atom stereocenters. The number of benzene rings is 1. The van der Waals surface area contributed by atoms with Gasteiger partial charge in [0.15, 0.2) is 11.5 Å². The van der Waals surface area contributed by atoms with E-state index in [0.29, 0.717) is 42.6 Å². The second kappa shape index (κ2) is 6.87. The van der Waals surface area contributed by atoms with Gasteiger partial charge in [0.25, 0.3) is 5.91 Å². The second-order valence-electron chi connectivity index (χ2n) is 5.37. The van der Waals surface area contributed by atoms with Gasteiger partial charge in [-0.15, -0.1) is 12.4 Å². The summed E-state index contributed by atoms with van der Waals surface area (Å²) in [6.07, 6.45) is 0. The highest BCUT2D eigenvalue weighted by molar-refractivity contribution is 5.95. The number of hydrogen-bond acceptors (Lipinski definition) is 5. The number of hydrogen-bond donors (Lipinski definition) is 2. The minimum Gasteiger partial charge on any atom is -0.493 e. The molecule has 0 spiro atoms. The van der Waals surface area contributed by atoms with E-state index in [-0.39, 0.29) is 18.3 Å². The average Bonchev–Trinajstić information content (AvgIpc) is 2.42. The molecule has 1 aliphatic heterocycles. The molecule has 7 heteroatoms. The van der Waals surface area contributed by atoms with Crippen molar-refractivity contribution in [2.24, 2.45) is 5.73 Å². The number of fused-ring (bicyclic) bond motifs is 1. The van der Waals surface area contributed by atoms with Gasteiger partial charge in [0.2, 0.25) is 5.75 Å². The molecule has 1 heterocycles. The Kier molecular flexibility index (Phi) is 5.69. The van der Waals surface area contributed by atoms with Crippen molar-refractivity contribution in [3.8, 4) is 17.2 Å². The molecule has 21 heavy (non-hydrogen) atoms. The van der Waals surface area contributed by atoms with Crippen molar-refractivity contribution in [1.82, 2.24) is 5.32 Å². The van der Waals surface area contributed by atoms with E-state index in [2.05, 4.69) is 5.32 Å². The van der Waals surface area contributed by atoms with E-state index in [1.165, 1.54) is 7.11 Å². The molecular formula is C14H21ClN2O4. The van der Waals surface area contributed by atoms with Crippen molar-refractivity contribution in [1.29, 1.82) is 0 Å². The van der Waals surface area contributed by atoms with Gasteiger partial charge in [-0.3, -0.25) is 4.79 Å². The van der Waals surface area contributed by atoms with Gasteiger partial charge in [-0.1, -0.05) is 0 Å². The Morgan fingerprint density at radius 1 is 1.38 bits per heavy atom. The lowest BCUT2D eigenvalue weighted by atomic mass is 10.1. The molecule has 1 aromatic carbocycles. The summed E-state index contributed by atoms with van der Waals surface area (Å²) in [5.41, 5.74) is 5.83. The number of carbonyl (C=O) groups is 1. The van der Waals surface area contributed by atoms with E-state index in [9.17, 15) is 4.79 Å². The summed E-state index contributed by atoms with van der Waals surface area (Å²) < 4.78 is 16.2. The van der Waals surface area contributed by atoms with E-state index in [4.69, 9.17) is 19.9 Å². The molecule has 0 bridgehead atoms. The number of amides is 1. The maximum absolute atomic E-state index is 12.1. The number of nitrogens with one attached hydrogen (secondary N) is 1. The van der Waals surface area contributed by atoms with Crippen LogP contribution in [0.4, 0.5) is 0 Å². The van der Waals surface area contributed by atoms with Crippen LogP contribution in [0.5, 0.6) is 17.2 Å². The highest BCUT2D eigenvalue weighted by Crippen LogP contribution is 2.40. The number of carbonyl (C=O) groups excluding carboxylic acids is 1. The maximum Gasteiger partial charge on any atom is 0.251 e. The fourth-order valence-electron chi connectivity index (χ4n) is 1.81. The maximum atomic E-state index is 12.1. The van der Waals surface area contributed by atoms with Gasteiger partial charge in [0.1, 0.15) is 13.2 Å². The summed E-state index contributed by atoms with van der Waals surface area (Å²) in [5.74, 6) is 1.32. The molecule has 3 N–H and O–H groups in total. The summed E-state index contributed by atoms with van der Waals surface area (Å²) in [6.45, 7) is 4.99. The Morgan fingerprint density at radius 3 is 2.67 bits per heavy atom. The van der Waals surface area contributed by atoms with Crippen LogP contribution >= 0.6 is 12.4 Å². The summed E-state index contributed by atoms with van der Waals surface area (Å²) in [7, 11) is 1.53. The van der Waals surface area contributed by atoms with Crippen LogP contribution in [0.25, 0.3) is 0 Å². The third kappa shape index (κ3) is 4.41. The van der Waals surface area contributed by atoms with E-state index < -0.39 is 5.54 Å². The minimum atomic E-state index is -0.465. The summed E-state index contributed by atoms with van der Waals surface area (Å²) in [6, 6.07) is 3.28. The Bertz CT molecular complexity index is 497. The van der Waals surface area contributed by atoms with Crippen molar-refractivity contribution in [2.75, 3.05) is 26.9 Å². The van der Waals surface area contributed by atoms with Gasteiger partial charge in [-0.25, -0.2) is 0 Å². The van der Waals surface area contributed by atoms with Crippen LogP contribution in [-0.4, -0.2) is 38.3 Å². The van der Waals surface area contributed by atoms with Crippen LogP contribution in [0.2, 0.25) is 0 Å². The predicted octanol–water partition coefficient (Wildman–Crippen LogP) is 1.36. The fraction of sp³-hybridized carbons (Fsp3) is 0.500. The van der Waals surface area contributed by atoms with Gasteiger partial charge < -0.3 is 25.3 Å². The lowest BCUT2D eigenvalue weighted by Crippen LogP contribution is -2.45. The topological polar surface area (TPSA) is 82.8 Å². The molecule has 0 radical (unpaired) electrons. The van der Waals surface area contributed by atoms with Gasteiger partial charge in [0, 0.05) is 17.6 Å². The van der Waals surface area contributed by atoms with Crippen LogP contribution in [-0.2, 0) is 0 Å². The largest absolute Gasteiger partial charge is 0.493 e. The van der Waals surface area contributed by atoms with Crippen molar-refractivity contribution in [3.05, 3.63) is 17.7 Å². The number of halogens is 1. The van der Waals surface area contributed by atoms with E-state index in [1.807, 2.05) is 13.8 Å². The number of nitrogens with two attached hydrogens (primary N) is 1. The van der Waals surface area contributed by atoms with E-state index in [1.54, 1.807) is 12.1 Å². The minimum absolute atomic E-state index is 0.